The quantitative estimate of drug-likeness (QED) is 0.207. The maximum atomic E-state index is 12.2. The van der Waals surface area contributed by atoms with Crippen LogP contribution >= 0.6 is 23.4 Å². The van der Waals surface area contributed by atoms with Crippen molar-refractivity contribution in [2.75, 3.05) is 5.75 Å². The number of aromatic nitrogens is 3. The van der Waals surface area contributed by atoms with Crippen molar-refractivity contribution in [3.63, 3.8) is 0 Å². The third kappa shape index (κ3) is 5.88. The summed E-state index contributed by atoms with van der Waals surface area (Å²) in [4.78, 5) is 12.2. The van der Waals surface area contributed by atoms with Gasteiger partial charge in [0, 0.05) is 17.1 Å². The van der Waals surface area contributed by atoms with Gasteiger partial charge in [0.15, 0.2) is 11.0 Å². The van der Waals surface area contributed by atoms with Gasteiger partial charge in [0.1, 0.15) is 0 Å². The second-order valence-electron chi connectivity index (χ2n) is 7.13. The van der Waals surface area contributed by atoms with Crippen LogP contribution in [0, 0.1) is 0 Å². The lowest BCUT2D eigenvalue weighted by Gasteiger charge is -2.07. The second kappa shape index (κ2) is 10.9. The van der Waals surface area contributed by atoms with E-state index in [9.17, 15) is 4.79 Å². The molecule has 1 aromatic heterocycles. The molecule has 6 nitrogen and oxygen atoms in total. The van der Waals surface area contributed by atoms with Gasteiger partial charge in [-0.05, 0) is 47.9 Å². The van der Waals surface area contributed by atoms with Crippen LogP contribution in [0.5, 0.6) is 0 Å². The molecule has 1 N–H and O–H groups in total. The van der Waals surface area contributed by atoms with E-state index in [0.717, 1.165) is 28.1 Å². The van der Waals surface area contributed by atoms with Crippen molar-refractivity contribution >= 4 is 35.5 Å². The van der Waals surface area contributed by atoms with Crippen LogP contribution in [0.2, 0.25) is 5.02 Å². The van der Waals surface area contributed by atoms with Crippen LogP contribution in [-0.4, -0.2) is 32.6 Å². The number of nitrogens with one attached hydrogen (secondary N) is 1. The SMILES string of the molecule is CCn1c(SCC(=O)NN=Cc2ccc(-c3ccccc3)cc2)nnc1-c1ccc(Cl)cc1. The van der Waals surface area contributed by atoms with Crippen molar-refractivity contribution in [1.82, 2.24) is 20.2 Å². The number of rotatable bonds is 8. The average molecular weight is 476 g/mol. The molecule has 0 atom stereocenters. The van der Waals surface area contributed by atoms with Gasteiger partial charge >= 0.3 is 0 Å². The summed E-state index contributed by atoms with van der Waals surface area (Å²) < 4.78 is 1.97. The van der Waals surface area contributed by atoms with E-state index in [1.807, 2.05) is 78.2 Å². The number of nitrogens with zero attached hydrogens (tertiary/aromatic N) is 4. The third-order valence-electron chi connectivity index (χ3n) is 4.89. The zero-order valence-electron chi connectivity index (χ0n) is 18.0. The number of hydrogen-bond acceptors (Lipinski definition) is 5. The van der Waals surface area contributed by atoms with Crippen LogP contribution in [0.25, 0.3) is 22.5 Å². The number of carbonyl (C=O) groups excluding carboxylic acids is 1. The Morgan fingerprint density at radius 3 is 2.33 bits per heavy atom. The molecule has 0 saturated heterocycles. The summed E-state index contributed by atoms with van der Waals surface area (Å²) in [6, 6.07) is 25.6. The molecule has 0 fully saturated rings. The van der Waals surface area contributed by atoms with Crippen molar-refractivity contribution in [1.29, 1.82) is 0 Å². The van der Waals surface area contributed by atoms with Gasteiger partial charge in [0.2, 0.25) is 0 Å². The van der Waals surface area contributed by atoms with Crippen molar-refractivity contribution in [3.8, 4) is 22.5 Å². The molecule has 0 aliphatic heterocycles. The molecule has 4 rings (SSSR count). The summed E-state index contributed by atoms with van der Waals surface area (Å²) in [5, 5.41) is 13.9. The zero-order chi connectivity index (χ0) is 23.0. The van der Waals surface area contributed by atoms with E-state index in [0.29, 0.717) is 16.7 Å². The molecule has 1 heterocycles. The van der Waals surface area contributed by atoms with Crippen LogP contribution in [0.1, 0.15) is 12.5 Å². The summed E-state index contributed by atoms with van der Waals surface area (Å²) in [6.07, 6.45) is 1.63. The van der Waals surface area contributed by atoms with Crippen molar-refractivity contribution in [2.24, 2.45) is 5.10 Å². The van der Waals surface area contributed by atoms with Crippen LogP contribution < -0.4 is 5.43 Å². The van der Waals surface area contributed by atoms with E-state index in [4.69, 9.17) is 11.6 Å². The fourth-order valence-corrected chi connectivity index (χ4v) is 4.15. The minimum absolute atomic E-state index is 0.184. The van der Waals surface area contributed by atoms with Crippen molar-refractivity contribution in [2.45, 2.75) is 18.6 Å². The van der Waals surface area contributed by atoms with E-state index >= 15 is 0 Å². The first kappa shape index (κ1) is 22.8. The molecule has 0 unspecified atom stereocenters. The molecule has 1 amide bonds. The fraction of sp³-hybridized carbons (Fsp3) is 0.120. The molecule has 8 heteroatoms. The van der Waals surface area contributed by atoms with E-state index in [1.54, 1.807) is 6.21 Å². The molecule has 0 bridgehead atoms. The molecule has 0 radical (unpaired) electrons. The molecular weight excluding hydrogens is 454 g/mol. The first-order valence-corrected chi connectivity index (χ1v) is 11.8. The van der Waals surface area contributed by atoms with E-state index in [-0.39, 0.29) is 11.7 Å². The van der Waals surface area contributed by atoms with Crippen LogP contribution in [0.3, 0.4) is 0 Å². The molecule has 0 aliphatic carbocycles. The highest BCUT2D eigenvalue weighted by molar-refractivity contribution is 7.99. The van der Waals surface area contributed by atoms with Gasteiger partial charge in [-0.15, -0.1) is 10.2 Å². The Morgan fingerprint density at radius 2 is 1.64 bits per heavy atom. The number of thioether (sulfide) groups is 1. The normalized spacial score (nSPS) is 11.1. The molecule has 0 spiro atoms. The van der Waals surface area contributed by atoms with Gasteiger partial charge in [0.05, 0.1) is 12.0 Å². The molecule has 0 aliphatic rings. The first-order chi connectivity index (χ1) is 16.1. The molecule has 4 aromatic rings. The Hall–Kier alpha value is -3.42. The summed E-state index contributed by atoms with van der Waals surface area (Å²) in [5.74, 6) is 0.716. The fourth-order valence-electron chi connectivity index (χ4n) is 3.23. The van der Waals surface area contributed by atoms with E-state index < -0.39 is 0 Å². The lowest BCUT2D eigenvalue weighted by Crippen LogP contribution is -2.20. The van der Waals surface area contributed by atoms with E-state index in [1.165, 1.54) is 11.8 Å². The van der Waals surface area contributed by atoms with Gasteiger partial charge in [-0.1, -0.05) is 78.0 Å². The third-order valence-corrected chi connectivity index (χ3v) is 6.11. The number of amides is 1. The van der Waals surface area contributed by atoms with Gasteiger partial charge in [-0.25, -0.2) is 5.43 Å². The van der Waals surface area contributed by atoms with Gasteiger partial charge in [-0.2, -0.15) is 5.10 Å². The lowest BCUT2D eigenvalue weighted by molar-refractivity contribution is -0.118. The second-order valence-corrected chi connectivity index (χ2v) is 8.51. The maximum absolute atomic E-state index is 12.2. The number of hydrazone groups is 1. The Morgan fingerprint density at radius 1 is 0.970 bits per heavy atom. The highest BCUT2D eigenvalue weighted by Crippen LogP contribution is 2.25. The number of halogens is 1. The van der Waals surface area contributed by atoms with Gasteiger partial charge in [0.25, 0.3) is 5.91 Å². The van der Waals surface area contributed by atoms with E-state index in [2.05, 4.69) is 32.9 Å². The number of carbonyl (C=O) groups is 1. The summed E-state index contributed by atoms with van der Waals surface area (Å²) in [6.45, 7) is 2.70. The van der Waals surface area contributed by atoms with Gasteiger partial charge in [-0.3, -0.25) is 4.79 Å². The molecule has 3 aromatic carbocycles. The zero-order valence-corrected chi connectivity index (χ0v) is 19.6. The van der Waals surface area contributed by atoms with Crippen molar-refractivity contribution in [3.05, 3.63) is 89.4 Å². The Labute approximate surface area is 201 Å². The highest BCUT2D eigenvalue weighted by atomic mass is 35.5. The minimum atomic E-state index is -0.212. The molecule has 166 valence electrons. The Kier molecular flexibility index (Phi) is 7.55. The van der Waals surface area contributed by atoms with Gasteiger partial charge < -0.3 is 4.57 Å². The Balaban J connectivity index is 1.31. The summed E-state index contributed by atoms with van der Waals surface area (Å²) >= 11 is 7.29. The monoisotopic (exact) mass is 475 g/mol. The Bertz CT molecular complexity index is 1240. The van der Waals surface area contributed by atoms with Crippen molar-refractivity contribution < 1.29 is 4.79 Å². The van der Waals surface area contributed by atoms with Crippen LogP contribution in [0.15, 0.2) is 89.1 Å². The molecular formula is C25H22ClN5OS. The summed E-state index contributed by atoms with van der Waals surface area (Å²) in [7, 11) is 0. The minimum Gasteiger partial charge on any atom is -0.302 e. The predicted molar refractivity (Wildman–Crippen MR) is 134 cm³/mol. The smallest absolute Gasteiger partial charge is 0.250 e. The number of hydrogen-bond donors (Lipinski definition) is 1. The van der Waals surface area contributed by atoms with Crippen LogP contribution in [0.4, 0.5) is 0 Å². The highest BCUT2D eigenvalue weighted by Gasteiger charge is 2.14. The summed E-state index contributed by atoms with van der Waals surface area (Å²) in [5.41, 5.74) is 6.68. The molecule has 0 saturated carbocycles. The predicted octanol–water partition coefficient (Wildman–Crippen LogP) is 5.53. The van der Waals surface area contributed by atoms with Crippen LogP contribution in [-0.2, 0) is 11.3 Å². The average Bonchev–Trinajstić information content (AvgIpc) is 3.27. The first-order valence-electron chi connectivity index (χ1n) is 10.4. The molecule has 33 heavy (non-hydrogen) atoms. The topological polar surface area (TPSA) is 72.2 Å². The standard InChI is InChI=1S/C25H22ClN5OS/c1-2-31-24(21-12-14-22(26)15-13-21)29-30-25(31)33-17-23(32)28-27-16-18-8-10-20(11-9-18)19-6-4-3-5-7-19/h3-16H,2,17H2,1H3,(H,28,32). The number of benzene rings is 3. The lowest BCUT2D eigenvalue weighted by atomic mass is 10.0. The largest absolute Gasteiger partial charge is 0.302 e. The maximum Gasteiger partial charge on any atom is 0.250 e.